The molecule has 0 aromatic carbocycles. The normalized spacial score (nSPS) is 33.2. The summed E-state index contributed by atoms with van der Waals surface area (Å²) >= 11 is 0. The lowest BCUT2D eigenvalue weighted by atomic mass is 9.80. The lowest BCUT2D eigenvalue weighted by molar-refractivity contribution is -0.103. The number of ether oxygens (including phenoxy) is 2. The van der Waals surface area contributed by atoms with Crippen molar-refractivity contribution in [3.8, 4) is 0 Å². The van der Waals surface area contributed by atoms with E-state index in [4.69, 9.17) is 9.47 Å². The minimum absolute atomic E-state index is 0.0364. The van der Waals surface area contributed by atoms with Crippen molar-refractivity contribution in [2.45, 2.75) is 44.2 Å². The van der Waals surface area contributed by atoms with Crippen molar-refractivity contribution in [2.24, 2.45) is 5.92 Å². The molecule has 0 bridgehead atoms. The van der Waals surface area contributed by atoms with Crippen LogP contribution in [0.1, 0.15) is 32.6 Å². The Morgan fingerprint density at radius 1 is 1.37 bits per heavy atom. The molecule has 0 amide bonds. The molecular weight excluding hydrogens is 240 g/mol. The first kappa shape index (κ1) is 15.2. The Bertz CT molecular complexity index is 265. The van der Waals surface area contributed by atoms with Gasteiger partial charge in [0.15, 0.2) is 0 Å². The summed E-state index contributed by atoms with van der Waals surface area (Å²) < 4.78 is 11.6. The minimum atomic E-state index is 0.0364. The lowest BCUT2D eigenvalue weighted by Gasteiger charge is -2.41. The third-order valence-corrected chi connectivity index (χ3v) is 4.52. The molecule has 19 heavy (non-hydrogen) atoms. The molecule has 0 aromatic heterocycles. The molecule has 0 aliphatic carbocycles. The van der Waals surface area contributed by atoms with Crippen molar-refractivity contribution in [3.63, 3.8) is 0 Å². The van der Waals surface area contributed by atoms with Crippen LogP contribution in [0.4, 0.5) is 0 Å². The lowest BCUT2D eigenvalue weighted by Crippen LogP contribution is -2.48. The maximum Gasteiger partial charge on any atom is 0.0939 e. The van der Waals surface area contributed by atoms with Gasteiger partial charge in [0.05, 0.1) is 12.2 Å². The summed E-state index contributed by atoms with van der Waals surface area (Å²) in [6.07, 6.45) is 4.66. The zero-order valence-corrected chi connectivity index (χ0v) is 12.8. The SMILES string of the molecule is CCNC(CCN(C)C)C1CCOC2(CCOC2)C1. The van der Waals surface area contributed by atoms with Crippen molar-refractivity contribution in [1.29, 1.82) is 0 Å². The maximum absolute atomic E-state index is 6.05. The molecule has 4 nitrogen and oxygen atoms in total. The molecule has 4 heteroatoms. The fourth-order valence-corrected chi connectivity index (χ4v) is 3.44. The van der Waals surface area contributed by atoms with Crippen LogP contribution in [0.2, 0.25) is 0 Å². The third kappa shape index (κ3) is 4.15. The van der Waals surface area contributed by atoms with Gasteiger partial charge >= 0.3 is 0 Å². The first-order valence-corrected chi connectivity index (χ1v) is 7.75. The highest BCUT2D eigenvalue weighted by Gasteiger charge is 2.42. The van der Waals surface area contributed by atoms with Gasteiger partial charge in [0.2, 0.25) is 0 Å². The van der Waals surface area contributed by atoms with Gasteiger partial charge in [-0.1, -0.05) is 6.92 Å². The maximum atomic E-state index is 6.05. The molecule has 112 valence electrons. The van der Waals surface area contributed by atoms with E-state index in [2.05, 4.69) is 31.2 Å². The van der Waals surface area contributed by atoms with Crippen LogP contribution in [0.5, 0.6) is 0 Å². The molecule has 2 aliphatic rings. The number of rotatable bonds is 6. The van der Waals surface area contributed by atoms with Crippen molar-refractivity contribution < 1.29 is 9.47 Å². The summed E-state index contributed by atoms with van der Waals surface area (Å²) in [5, 5.41) is 3.69. The van der Waals surface area contributed by atoms with Gasteiger partial charge in [0, 0.05) is 25.7 Å². The van der Waals surface area contributed by atoms with Crippen LogP contribution in [-0.4, -0.2) is 63.5 Å². The molecule has 0 saturated carbocycles. The number of nitrogens with one attached hydrogen (secondary N) is 1. The van der Waals surface area contributed by atoms with E-state index in [1.807, 2.05) is 0 Å². The predicted molar refractivity (Wildman–Crippen MR) is 77.5 cm³/mol. The van der Waals surface area contributed by atoms with Gasteiger partial charge in [0.25, 0.3) is 0 Å². The molecule has 3 atom stereocenters. The second kappa shape index (κ2) is 7.02. The molecule has 1 spiro atoms. The van der Waals surface area contributed by atoms with Crippen LogP contribution in [0.3, 0.4) is 0 Å². The van der Waals surface area contributed by atoms with Crippen molar-refractivity contribution in [2.75, 3.05) is 47.0 Å². The van der Waals surface area contributed by atoms with Gasteiger partial charge in [-0.25, -0.2) is 0 Å². The van der Waals surface area contributed by atoms with E-state index in [0.29, 0.717) is 6.04 Å². The minimum Gasteiger partial charge on any atom is -0.378 e. The zero-order chi connectivity index (χ0) is 13.7. The fourth-order valence-electron chi connectivity index (χ4n) is 3.44. The summed E-state index contributed by atoms with van der Waals surface area (Å²) in [5.74, 6) is 0.732. The molecule has 0 aromatic rings. The second-order valence-corrected chi connectivity index (χ2v) is 6.34. The Balaban J connectivity index is 1.91. The third-order valence-electron chi connectivity index (χ3n) is 4.52. The number of hydrogen-bond acceptors (Lipinski definition) is 4. The predicted octanol–water partition coefficient (Wildman–Crippen LogP) is 1.50. The molecule has 1 N–H and O–H groups in total. The van der Waals surface area contributed by atoms with Crippen LogP contribution in [-0.2, 0) is 9.47 Å². The monoisotopic (exact) mass is 270 g/mol. The molecule has 2 fully saturated rings. The summed E-state index contributed by atoms with van der Waals surface area (Å²) in [6, 6.07) is 0.619. The molecule has 0 radical (unpaired) electrons. The average Bonchev–Trinajstić information content (AvgIpc) is 2.82. The van der Waals surface area contributed by atoms with E-state index < -0.39 is 0 Å². The molecule has 2 rings (SSSR count). The van der Waals surface area contributed by atoms with E-state index in [9.17, 15) is 0 Å². The molecular formula is C15H30N2O2. The zero-order valence-electron chi connectivity index (χ0n) is 12.8. The second-order valence-electron chi connectivity index (χ2n) is 6.34. The van der Waals surface area contributed by atoms with Crippen LogP contribution >= 0.6 is 0 Å². The van der Waals surface area contributed by atoms with Gasteiger partial charge < -0.3 is 19.7 Å². The van der Waals surface area contributed by atoms with Gasteiger partial charge in [-0.15, -0.1) is 0 Å². The van der Waals surface area contributed by atoms with Crippen molar-refractivity contribution in [1.82, 2.24) is 10.2 Å². The molecule has 2 aliphatic heterocycles. The first-order valence-electron chi connectivity index (χ1n) is 7.75. The van der Waals surface area contributed by atoms with E-state index in [1.165, 1.54) is 12.8 Å². The average molecular weight is 270 g/mol. The topological polar surface area (TPSA) is 33.7 Å². The smallest absolute Gasteiger partial charge is 0.0939 e. The molecule has 2 saturated heterocycles. The van der Waals surface area contributed by atoms with E-state index in [1.54, 1.807) is 0 Å². The molecule has 2 heterocycles. The number of hydrogen-bond donors (Lipinski definition) is 1. The highest BCUT2D eigenvalue weighted by molar-refractivity contribution is 4.93. The number of nitrogens with zero attached hydrogens (tertiary/aromatic N) is 1. The van der Waals surface area contributed by atoms with Crippen LogP contribution in [0.15, 0.2) is 0 Å². The van der Waals surface area contributed by atoms with Crippen LogP contribution < -0.4 is 5.32 Å². The largest absolute Gasteiger partial charge is 0.378 e. The standard InChI is InChI=1S/C15H30N2O2/c1-4-16-14(5-8-17(2)3)13-6-9-19-15(11-13)7-10-18-12-15/h13-14,16H,4-12H2,1-3H3. The van der Waals surface area contributed by atoms with E-state index >= 15 is 0 Å². The van der Waals surface area contributed by atoms with Gasteiger partial charge in [-0.05, 0) is 52.4 Å². The summed E-state index contributed by atoms with van der Waals surface area (Å²) in [5.41, 5.74) is 0.0364. The Morgan fingerprint density at radius 2 is 2.21 bits per heavy atom. The van der Waals surface area contributed by atoms with Crippen LogP contribution in [0.25, 0.3) is 0 Å². The van der Waals surface area contributed by atoms with Crippen LogP contribution in [0, 0.1) is 5.92 Å². The Kier molecular flexibility index (Phi) is 5.63. The first-order chi connectivity index (χ1) is 9.15. The van der Waals surface area contributed by atoms with Crippen molar-refractivity contribution in [3.05, 3.63) is 0 Å². The Hall–Kier alpha value is -0.160. The Labute approximate surface area is 117 Å². The fraction of sp³-hybridized carbons (Fsp3) is 1.00. The molecule has 3 unspecified atom stereocenters. The van der Waals surface area contributed by atoms with Crippen molar-refractivity contribution >= 4 is 0 Å². The van der Waals surface area contributed by atoms with E-state index in [0.717, 1.165) is 51.7 Å². The van der Waals surface area contributed by atoms with Gasteiger partial charge in [-0.3, -0.25) is 0 Å². The van der Waals surface area contributed by atoms with E-state index in [-0.39, 0.29) is 5.60 Å². The van der Waals surface area contributed by atoms with Gasteiger partial charge in [-0.2, -0.15) is 0 Å². The van der Waals surface area contributed by atoms with Gasteiger partial charge in [0.1, 0.15) is 0 Å². The quantitative estimate of drug-likeness (QED) is 0.793. The highest BCUT2D eigenvalue weighted by Crippen LogP contribution is 2.37. The summed E-state index contributed by atoms with van der Waals surface area (Å²) in [4.78, 5) is 2.28. The Morgan fingerprint density at radius 3 is 2.84 bits per heavy atom. The summed E-state index contributed by atoms with van der Waals surface area (Å²) in [6.45, 7) is 6.98. The highest BCUT2D eigenvalue weighted by atomic mass is 16.6. The summed E-state index contributed by atoms with van der Waals surface area (Å²) in [7, 11) is 4.30.